The number of methoxy groups -OCH3 is 2. The Morgan fingerprint density at radius 1 is 1.05 bits per heavy atom. The Labute approximate surface area is 240 Å². The van der Waals surface area contributed by atoms with Gasteiger partial charge in [-0.15, -0.1) is 0 Å². The van der Waals surface area contributed by atoms with Crippen LogP contribution < -0.4 is 23.7 Å². The Hall–Kier alpha value is -3.43. The van der Waals surface area contributed by atoms with Gasteiger partial charge in [-0.3, -0.25) is 4.79 Å². The highest BCUT2D eigenvalue weighted by Gasteiger charge is 2.56. The predicted octanol–water partition coefficient (Wildman–Crippen LogP) is 5.37. The number of ether oxygens (including phenoxy) is 6. The van der Waals surface area contributed by atoms with Gasteiger partial charge in [0.05, 0.1) is 31.6 Å². The van der Waals surface area contributed by atoms with Gasteiger partial charge in [0.25, 0.3) is 0 Å². The average molecular weight is 566 g/mol. The molecule has 4 aliphatic rings. The van der Waals surface area contributed by atoms with Gasteiger partial charge >= 0.3 is 5.97 Å². The lowest BCUT2D eigenvalue weighted by molar-refractivity contribution is -0.201. The highest BCUT2D eigenvalue weighted by molar-refractivity contribution is 5.76. The smallest absolute Gasteiger partial charge is 0.311 e. The molecule has 5 atom stereocenters. The summed E-state index contributed by atoms with van der Waals surface area (Å²) in [5.74, 6) is 1.89. The fourth-order valence-corrected chi connectivity index (χ4v) is 6.98. The molecule has 0 aliphatic carbocycles. The molecule has 41 heavy (non-hydrogen) atoms. The van der Waals surface area contributed by atoms with Crippen molar-refractivity contribution in [2.24, 2.45) is 5.92 Å². The Kier molecular flexibility index (Phi) is 6.46. The Balaban J connectivity index is 1.45. The van der Waals surface area contributed by atoms with Crippen LogP contribution in [-0.4, -0.2) is 60.4 Å². The van der Waals surface area contributed by atoms with Gasteiger partial charge in [-0.25, -0.2) is 0 Å². The van der Waals surface area contributed by atoms with Gasteiger partial charge in [0.15, 0.2) is 11.5 Å². The van der Waals surface area contributed by atoms with E-state index in [1.165, 1.54) is 5.06 Å². The SMILES string of the molecule is C=C(C)[C@H]1Cc2c(ccc3c2O[C@@H]2COc4cc(OC)c(OC)cc4[C@@H]2[C@@H]3OC(=O)C2CC(C)(C)N(O)C2(C)C)O1. The summed E-state index contributed by atoms with van der Waals surface area (Å²) in [6, 6.07) is 7.54. The number of carbonyl (C=O) groups is 1. The van der Waals surface area contributed by atoms with Crippen LogP contribution in [0.5, 0.6) is 28.7 Å². The fraction of sp³-hybridized carbons (Fsp3) is 0.531. The van der Waals surface area contributed by atoms with E-state index in [0.717, 1.165) is 28.0 Å². The van der Waals surface area contributed by atoms with Gasteiger partial charge in [-0.1, -0.05) is 6.58 Å². The molecule has 1 N–H and O–H groups in total. The van der Waals surface area contributed by atoms with Crippen molar-refractivity contribution < 1.29 is 38.4 Å². The Bertz CT molecular complexity index is 1410. The molecule has 2 aromatic rings. The highest BCUT2D eigenvalue weighted by Crippen LogP contribution is 2.56. The van der Waals surface area contributed by atoms with E-state index in [-0.39, 0.29) is 24.6 Å². The minimum Gasteiger partial charge on any atom is -0.493 e. The average Bonchev–Trinajstić information content (AvgIpc) is 3.45. The van der Waals surface area contributed by atoms with Crippen LogP contribution in [0.15, 0.2) is 36.4 Å². The van der Waals surface area contributed by atoms with Crippen LogP contribution in [0.2, 0.25) is 0 Å². The fourth-order valence-electron chi connectivity index (χ4n) is 6.98. The summed E-state index contributed by atoms with van der Waals surface area (Å²) in [6.07, 6.45) is -0.155. The summed E-state index contributed by atoms with van der Waals surface area (Å²) in [4.78, 5) is 14.0. The maximum atomic E-state index is 14.0. The molecule has 0 amide bonds. The number of fused-ring (bicyclic) bond motifs is 6. The topological polar surface area (TPSA) is 95.9 Å². The highest BCUT2D eigenvalue weighted by atomic mass is 16.6. The third kappa shape index (κ3) is 4.24. The van der Waals surface area contributed by atoms with Crippen LogP contribution in [0.3, 0.4) is 0 Å². The number of carbonyl (C=O) groups excluding carboxylic acids is 1. The van der Waals surface area contributed by atoms with Gasteiger partial charge in [0.2, 0.25) is 0 Å². The third-order valence-electron chi connectivity index (χ3n) is 9.24. The Morgan fingerprint density at radius 2 is 1.76 bits per heavy atom. The van der Waals surface area contributed by atoms with E-state index in [2.05, 4.69) is 6.58 Å². The summed E-state index contributed by atoms with van der Waals surface area (Å²) in [7, 11) is 3.16. The molecule has 0 saturated carbocycles. The molecule has 2 aromatic carbocycles. The van der Waals surface area contributed by atoms with Gasteiger partial charge in [0.1, 0.15) is 42.2 Å². The first-order chi connectivity index (χ1) is 19.4. The first-order valence-electron chi connectivity index (χ1n) is 14.1. The van der Waals surface area contributed by atoms with Crippen LogP contribution in [0, 0.1) is 5.92 Å². The normalized spacial score (nSPS) is 28.5. The quantitative estimate of drug-likeness (QED) is 0.379. The monoisotopic (exact) mass is 565 g/mol. The molecule has 9 heteroatoms. The maximum Gasteiger partial charge on any atom is 0.311 e. The van der Waals surface area contributed by atoms with E-state index in [0.29, 0.717) is 35.8 Å². The summed E-state index contributed by atoms with van der Waals surface area (Å²) >= 11 is 0. The molecule has 6 rings (SSSR count). The van der Waals surface area contributed by atoms with Gasteiger partial charge < -0.3 is 33.6 Å². The van der Waals surface area contributed by atoms with Crippen molar-refractivity contribution in [1.29, 1.82) is 0 Å². The third-order valence-corrected chi connectivity index (χ3v) is 9.24. The second kappa shape index (κ2) is 9.56. The lowest BCUT2D eigenvalue weighted by Gasteiger charge is -2.43. The zero-order chi connectivity index (χ0) is 29.4. The van der Waals surface area contributed by atoms with Crippen molar-refractivity contribution in [2.45, 2.75) is 82.8 Å². The van der Waals surface area contributed by atoms with E-state index < -0.39 is 29.2 Å². The molecule has 0 spiro atoms. The molecule has 0 aromatic heterocycles. The molecule has 1 unspecified atom stereocenters. The second-order valence-electron chi connectivity index (χ2n) is 12.7. The van der Waals surface area contributed by atoms with Gasteiger partial charge in [0, 0.05) is 34.7 Å². The first-order valence-corrected chi connectivity index (χ1v) is 14.1. The maximum absolute atomic E-state index is 14.0. The molecule has 4 heterocycles. The van der Waals surface area contributed by atoms with Crippen molar-refractivity contribution in [1.82, 2.24) is 5.06 Å². The largest absolute Gasteiger partial charge is 0.493 e. The molecular weight excluding hydrogens is 526 g/mol. The first kappa shape index (κ1) is 27.7. The molecule has 220 valence electrons. The van der Waals surface area contributed by atoms with E-state index in [1.807, 2.05) is 52.8 Å². The number of benzene rings is 2. The van der Waals surface area contributed by atoms with Gasteiger partial charge in [-0.2, -0.15) is 5.06 Å². The number of hydrogen-bond donors (Lipinski definition) is 1. The molecular formula is C32H39NO8. The summed E-state index contributed by atoms with van der Waals surface area (Å²) in [5, 5.41) is 12.2. The van der Waals surface area contributed by atoms with E-state index in [4.69, 9.17) is 28.4 Å². The summed E-state index contributed by atoms with van der Waals surface area (Å²) < 4.78 is 36.7. The zero-order valence-corrected chi connectivity index (χ0v) is 24.8. The Morgan fingerprint density at radius 3 is 2.39 bits per heavy atom. The van der Waals surface area contributed by atoms with E-state index >= 15 is 0 Å². The lowest BCUT2D eigenvalue weighted by Crippen LogP contribution is -2.49. The van der Waals surface area contributed by atoms with Crippen LogP contribution in [0.25, 0.3) is 0 Å². The van der Waals surface area contributed by atoms with Crippen molar-refractivity contribution in [3.63, 3.8) is 0 Å². The van der Waals surface area contributed by atoms with Crippen LogP contribution >= 0.6 is 0 Å². The number of esters is 1. The lowest BCUT2D eigenvalue weighted by atomic mass is 9.79. The van der Waals surface area contributed by atoms with Crippen LogP contribution in [0.4, 0.5) is 0 Å². The minimum absolute atomic E-state index is 0.143. The standard InChI is InChI=1S/C32H39NO8/c1-16(2)22-12-19-21(39-22)10-9-17-28(19)40-26-15-38-23-13-25(37-8)24(36-7)11-18(23)27(26)29(17)41-30(34)20-14-31(3,4)33(35)32(20,5)6/h9-11,13,20,22,26-27,29,35H,1,12,14-15H2,2-8H3/t20?,22-,26-,27+,29-/m1/s1. The molecule has 0 radical (unpaired) electrons. The van der Waals surface area contributed by atoms with E-state index in [1.54, 1.807) is 20.3 Å². The molecule has 9 nitrogen and oxygen atoms in total. The number of nitrogens with zero attached hydrogens (tertiary/aromatic N) is 1. The van der Waals surface area contributed by atoms with Crippen molar-refractivity contribution in [3.05, 3.63) is 53.1 Å². The molecule has 4 aliphatic heterocycles. The summed E-state index contributed by atoms with van der Waals surface area (Å²) in [6.45, 7) is 13.9. The van der Waals surface area contributed by atoms with Crippen molar-refractivity contribution >= 4 is 5.97 Å². The number of hydroxylamine groups is 2. The van der Waals surface area contributed by atoms with E-state index in [9.17, 15) is 10.0 Å². The molecule has 1 fully saturated rings. The van der Waals surface area contributed by atoms with Crippen LogP contribution in [-0.2, 0) is 16.0 Å². The molecule has 1 saturated heterocycles. The number of rotatable bonds is 5. The second-order valence-corrected chi connectivity index (χ2v) is 12.7. The molecule has 0 bridgehead atoms. The minimum atomic E-state index is -0.807. The van der Waals surface area contributed by atoms with Gasteiger partial charge in [-0.05, 0) is 64.8 Å². The number of hydrogen-bond acceptors (Lipinski definition) is 9. The van der Waals surface area contributed by atoms with Crippen molar-refractivity contribution in [3.8, 4) is 28.7 Å². The predicted molar refractivity (Wildman–Crippen MR) is 150 cm³/mol. The van der Waals surface area contributed by atoms with Crippen LogP contribution in [0.1, 0.15) is 69.8 Å². The summed E-state index contributed by atoms with van der Waals surface area (Å²) in [5.41, 5.74) is 2.09. The zero-order valence-electron chi connectivity index (χ0n) is 24.8. The van der Waals surface area contributed by atoms with Crippen molar-refractivity contribution in [2.75, 3.05) is 20.8 Å².